The van der Waals surface area contributed by atoms with Gasteiger partial charge in [0.2, 0.25) is 0 Å². The summed E-state index contributed by atoms with van der Waals surface area (Å²) in [5, 5.41) is 5.04. The van der Waals surface area contributed by atoms with Crippen LogP contribution in [0.25, 0.3) is 66.1 Å². The number of hydrogen-bond acceptors (Lipinski definition) is 1. The van der Waals surface area contributed by atoms with Crippen LogP contribution in [0, 0.1) is 6.92 Å². The van der Waals surface area contributed by atoms with Gasteiger partial charge in [-0.3, -0.25) is 0 Å². The molecule has 1 nitrogen and oxygen atoms in total. The second-order valence-electron chi connectivity index (χ2n) is 17.2. The molecule has 65 heavy (non-hydrogen) atoms. The van der Waals surface area contributed by atoms with Crippen LogP contribution in [0.1, 0.15) is 27.8 Å². The molecule has 11 aromatic rings. The van der Waals surface area contributed by atoms with Crippen LogP contribution in [-0.4, -0.2) is 0 Å². The fourth-order valence-corrected chi connectivity index (χ4v) is 10.8. The lowest BCUT2D eigenvalue weighted by atomic mass is 9.68. The molecule has 306 valence electrons. The summed E-state index contributed by atoms with van der Waals surface area (Å²) in [6.45, 7) is 2.23. The molecule has 1 aliphatic rings. The van der Waals surface area contributed by atoms with Gasteiger partial charge in [-0.2, -0.15) is 0 Å². The number of benzene rings is 11. The normalized spacial score (nSPS) is 12.5. The standard InChI is InChI=1S/C64H45N/c1-44-43-49(37-42-54(44)58-29-15-20-47-18-9-11-26-57(47)58)45-33-38-52(39-34-45)65(53-40-35-48(36-41-53)56-28-14-19-46-17-8-10-25-55(46)56)62-32-16-31-61-63(62)59-27-12-13-30-60(59)64(61,50-21-4-2-5-22-50)51-23-6-3-7-24-51/h2-43H,1H3. The van der Waals surface area contributed by atoms with Crippen molar-refractivity contribution in [2.24, 2.45) is 0 Å². The van der Waals surface area contributed by atoms with Gasteiger partial charge >= 0.3 is 0 Å². The van der Waals surface area contributed by atoms with Crippen LogP contribution in [0.2, 0.25) is 0 Å². The topological polar surface area (TPSA) is 3.24 Å². The first-order valence-corrected chi connectivity index (χ1v) is 22.6. The van der Waals surface area contributed by atoms with Crippen molar-refractivity contribution in [1.29, 1.82) is 0 Å². The predicted octanol–water partition coefficient (Wildman–Crippen LogP) is 17.1. The zero-order chi connectivity index (χ0) is 43.3. The van der Waals surface area contributed by atoms with E-state index < -0.39 is 5.41 Å². The first-order valence-electron chi connectivity index (χ1n) is 22.6. The van der Waals surface area contributed by atoms with Gasteiger partial charge in [-0.05, 0) is 126 Å². The van der Waals surface area contributed by atoms with Crippen molar-refractivity contribution >= 4 is 38.6 Å². The molecule has 0 aromatic heterocycles. The third-order valence-corrected chi connectivity index (χ3v) is 13.7. The maximum absolute atomic E-state index is 2.47. The smallest absolute Gasteiger partial charge is 0.0714 e. The molecule has 0 atom stereocenters. The minimum absolute atomic E-state index is 0.506. The average Bonchev–Trinajstić information content (AvgIpc) is 3.69. The molecule has 0 heterocycles. The van der Waals surface area contributed by atoms with Crippen LogP contribution >= 0.6 is 0 Å². The molecule has 0 unspecified atom stereocenters. The fraction of sp³-hybridized carbons (Fsp3) is 0.0312. The van der Waals surface area contributed by atoms with Crippen molar-refractivity contribution in [2.45, 2.75) is 12.3 Å². The minimum atomic E-state index is -0.506. The quantitative estimate of drug-likeness (QED) is 0.147. The summed E-state index contributed by atoms with van der Waals surface area (Å²) in [6.07, 6.45) is 0. The molecule has 1 aliphatic carbocycles. The Hall–Kier alpha value is -8.26. The molecule has 11 aromatic carbocycles. The summed E-state index contributed by atoms with van der Waals surface area (Å²) in [5.74, 6) is 0. The van der Waals surface area contributed by atoms with Gasteiger partial charge in [0.15, 0.2) is 0 Å². The molecular formula is C64H45N. The van der Waals surface area contributed by atoms with Crippen molar-refractivity contribution < 1.29 is 0 Å². The fourth-order valence-electron chi connectivity index (χ4n) is 10.8. The Bertz CT molecular complexity index is 3480. The largest absolute Gasteiger partial charge is 0.310 e. The van der Waals surface area contributed by atoms with E-state index in [0.29, 0.717) is 0 Å². The predicted molar refractivity (Wildman–Crippen MR) is 274 cm³/mol. The van der Waals surface area contributed by atoms with Crippen LogP contribution < -0.4 is 4.90 Å². The van der Waals surface area contributed by atoms with Crippen LogP contribution in [0.5, 0.6) is 0 Å². The summed E-state index contributed by atoms with van der Waals surface area (Å²) in [5.41, 5.74) is 19.0. The van der Waals surface area contributed by atoms with E-state index in [1.165, 1.54) is 93.9 Å². The van der Waals surface area contributed by atoms with Gasteiger partial charge in [-0.15, -0.1) is 0 Å². The molecule has 0 radical (unpaired) electrons. The van der Waals surface area contributed by atoms with Gasteiger partial charge in [0.25, 0.3) is 0 Å². The van der Waals surface area contributed by atoms with E-state index in [0.717, 1.165) is 17.1 Å². The second kappa shape index (κ2) is 15.8. The van der Waals surface area contributed by atoms with Gasteiger partial charge in [-0.25, -0.2) is 0 Å². The van der Waals surface area contributed by atoms with Crippen molar-refractivity contribution in [3.8, 4) is 44.5 Å². The lowest BCUT2D eigenvalue weighted by Gasteiger charge is -2.34. The highest BCUT2D eigenvalue weighted by atomic mass is 15.1. The van der Waals surface area contributed by atoms with Gasteiger partial charge in [0.05, 0.1) is 11.1 Å². The highest BCUT2D eigenvalue weighted by Crippen LogP contribution is 2.59. The van der Waals surface area contributed by atoms with Crippen LogP contribution in [0.3, 0.4) is 0 Å². The van der Waals surface area contributed by atoms with E-state index >= 15 is 0 Å². The van der Waals surface area contributed by atoms with E-state index in [1.54, 1.807) is 0 Å². The highest BCUT2D eigenvalue weighted by Gasteiger charge is 2.47. The first kappa shape index (κ1) is 38.4. The molecule has 0 saturated carbocycles. The highest BCUT2D eigenvalue weighted by molar-refractivity contribution is 6.00. The Morgan fingerprint density at radius 3 is 1.45 bits per heavy atom. The number of fused-ring (bicyclic) bond motifs is 5. The summed E-state index contributed by atoms with van der Waals surface area (Å²) in [7, 11) is 0. The Kier molecular flexibility index (Phi) is 9.35. The summed E-state index contributed by atoms with van der Waals surface area (Å²) in [6, 6.07) is 93.8. The molecule has 0 amide bonds. The number of aryl methyl sites for hydroxylation is 1. The van der Waals surface area contributed by atoms with Gasteiger partial charge in [0, 0.05) is 16.9 Å². The monoisotopic (exact) mass is 827 g/mol. The molecular weight excluding hydrogens is 783 g/mol. The number of hydrogen-bond donors (Lipinski definition) is 0. The van der Waals surface area contributed by atoms with E-state index in [4.69, 9.17) is 0 Å². The van der Waals surface area contributed by atoms with Crippen LogP contribution in [0.4, 0.5) is 17.1 Å². The SMILES string of the molecule is Cc1cc(-c2ccc(N(c3ccc(-c4cccc5ccccc45)cc3)c3cccc4c3-c3ccccc3C4(c3ccccc3)c3ccccc3)cc2)ccc1-c1cccc2ccccc12. The number of rotatable bonds is 8. The van der Waals surface area contributed by atoms with Gasteiger partial charge in [-0.1, -0.05) is 224 Å². The molecule has 0 N–H and O–H groups in total. The molecule has 1 heteroatoms. The second-order valence-corrected chi connectivity index (χ2v) is 17.2. The maximum atomic E-state index is 2.47. The molecule has 0 fully saturated rings. The van der Waals surface area contributed by atoms with Crippen LogP contribution in [-0.2, 0) is 5.41 Å². The Balaban J connectivity index is 1.02. The summed E-state index contributed by atoms with van der Waals surface area (Å²) >= 11 is 0. The number of nitrogens with zero attached hydrogens (tertiary/aromatic N) is 1. The molecule has 0 spiro atoms. The minimum Gasteiger partial charge on any atom is -0.310 e. The van der Waals surface area contributed by atoms with E-state index in [1.807, 2.05) is 0 Å². The zero-order valence-electron chi connectivity index (χ0n) is 36.2. The third-order valence-electron chi connectivity index (χ3n) is 13.7. The van der Waals surface area contributed by atoms with E-state index in [-0.39, 0.29) is 0 Å². The van der Waals surface area contributed by atoms with E-state index in [9.17, 15) is 0 Å². The summed E-state index contributed by atoms with van der Waals surface area (Å²) < 4.78 is 0. The van der Waals surface area contributed by atoms with Gasteiger partial charge in [0.1, 0.15) is 0 Å². The lowest BCUT2D eigenvalue weighted by Crippen LogP contribution is -2.28. The zero-order valence-corrected chi connectivity index (χ0v) is 36.2. The molecule has 0 bridgehead atoms. The van der Waals surface area contributed by atoms with Crippen molar-refractivity contribution in [3.63, 3.8) is 0 Å². The van der Waals surface area contributed by atoms with Crippen LogP contribution in [0.15, 0.2) is 255 Å². The Morgan fingerprint density at radius 2 is 0.800 bits per heavy atom. The van der Waals surface area contributed by atoms with Crippen molar-refractivity contribution in [1.82, 2.24) is 0 Å². The Labute approximate surface area is 381 Å². The Morgan fingerprint density at radius 1 is 0.323 bits per heavy atom. The average molecular weight is 828 g/mol. The molecule has 12 rings (SSSR count). The number of anilines is 3. The lowest BCUT2D eigenvalue weighted by molar-refractivity contribution is 0.768. The third kappa shape index (κ3) is 6.31. The maximum Gasteiger partial charge on any atom is 0.0714 e. The van der Waals surface area contributed by atoms with Crippen molar-refractivity contribution in [3.05, 3.63) is 283 Å². The van der Waals surface area contributed by atoms with Crippen molar-refractivity contribution in [2.75, 3.05) is 4.90 Å². The molecule has 0 saturated heterocycles. The molecule has 0 aliphatic heterocycles. The summed E-state index contributed by atoms with van der Waals surface area (Å²) in [4.78, 5) is 2.47. The van der Waals surface area contributed by atoms with E-state index in [2.05, 4.69) is 267 Å². The first-order chi connectivity index (χ1) is 32.2. The van der Waals surface area contributed by atoms with Gasteiger partial charge < -0.3 is 4.90 Å².